The quantitative estimate of drug-likeness (QED) is 0.109. The highest BCUT2D eigenvalue weighted by atomic mass is 32.1. The van der Waals surface area contributed by atoms with Crippen LogP contribution < -0.4 is 0 Å². The van der Waals surface area contributed by atoms with Crippen LogP contribution in [0.4, 0.5) is 0 Å². The van der Waals surface area contributed by atoms with E-state index in [2.05, 4.69) is 60.3 Å². The fourth-order valence-electron chi connectivity index (χ4n) is 7.08. The van der Waals surface area contributed by atoms with Crippen LogP contribution in [0, 0.1) is 11.8 Å². The smallest absolute Gasteiger partial charge is 0.335 e. The number of hydrogen-bond donors (Lipinski definition) is 2. The van der Waals surface area contributed by atoms with Crippen molar-refractivity contribution in [2.45, 2.75) is 18.3 Å². The summed E-state index contributed by atoms with van der Waals surface area (Å²) < 4.78 is 0. The van der Waals surface area contributed by atoms with Gasteiger partial charge in [-0.2, -0.15) is 0 Å². The van der Waals surface area contributed by atoms with Gasteiger partial charge < -0.3 is 10.2 Å². The van der Waals surface area contributed by atoms with Crippen LogP contribution in [0.2, 0.25) is 0 Å². The molecule has 6 aromatic rings. The fraction of sp³-hybridized carbons (Fsp3) is 0.135. The summed E-state index contributed by atoms with van der Waals surface area (Å²) in [6.45, 7) is 7.94. The summed E-state index contributed by atoms with van der Waals surface area (Å²) in [6.07, 6.45) is 5.78. The molecule has 2 aliphatic carbocycles. The number of allylic oxidation sites excluding steroid dienone is 2. The molecule has 6 aromatic heterocycles. The van der Waals surface area contributed by atoms with E-state index in [0.29, 0.717) is 23.0 Å². The third-order valence-corrected chi connectivity index (χ3v) is 15.7. The van der Waals surface area contributed by atoms with Crippen molar-refractivity contribution < 1.29 is 19.8 Å². The van der Waals surface area contributed by atoms with Gasteiger partial charge in [0.1, 0.15) is 0 Å². The van der Waals surface area contributed by atoms with Crippen LogP contribution in [0.1, 0.15) is 40.5 Å². The molecule has 0 spiro atoms. The molecule has 2 N–H and O–H groups in total. The predicted molar refractivity (Wildman–Crippen MR) is 201 cm³/mol. The number of fused-ring (bicyclic) bond motifs is 2. The van der Waals surface area contributed by atoms with Gasteiger partial charge in [-0.15, -0.1) is 68.0 Å². The van der Waals surface area contributed by atoms with Gasteiger partial charge in [0.25, 0.3) is 0 Å². The average molecular weight is 727 g/mol. The number of carbonyl (C=O) groups is 2. The molecule has 1 fully saturated rings. The van der Waals surface area contributed by atoms with Gasteiger partial charge in [0.15, 0.2) is 0 Å². The molecule has 0 radical (unpaired) electrons. The number of thiophene rings is 6. The Morgan fingerprint density at radius 1 is 0.596 bits per heavy atom. The van der Waals surface area contributed by atoms with E-state index in [1.807, 2.05) is 35.0 Å². The maximum absolute atomic E-state index is 12.2. The zero-order valence-electron chi connectivity index (χ0n) is 24.7. The molecule has 4 nitrogen and oxygen atoms in total. The van der Waals surface area contributed by atoms with E-state index in [1.54, 1.807) is 68.0 Å². The lowest BCUT2D eigenvalue weighted by molar-refractivity contribution is -0.131. The summed E-state index contributed by atoms with van der Waals surface area (Å²) in [6, 6.07) is 16.6. The molecule has 47 heavy (non-hydrogen) atoms. The highest BCUT2D eigenvalue weighted by molar-refractivity contribution is 7.27. The van der Waals surface area contributed by atoms with E-state index in [1.165, 1.54) is 11.1 Å². The van der Waals surface area contributed by atoms with Crippen molar-refractivity contribution in [1.82, 2.24) is 0 Å². The fourth-order valence-corrected chi connectivity index (χ4v) is 13.4. The molecular weight excluding hydrogens is 701 g/mol. The largest absolute Gasteiger partial charge is 0.478 e. The first kappa shape index (κ1) is 30.7. The molecule has 0 aliphatic heterocycles. The second kappa shape index (κ2) is 12.1. The number of rotatable bonds is 10. The molecule has 2 bridgehead atoms. The van der Waals surface area contributed by atoms with Gasteiger partial charge in [0, 0.05) is 40.4 Å². The van der Waals surface area contributed by atoms with Crippen LogP contribution in [0.25, 0.3) is 50.2 Å². The van der Waals surface area contributed by atoms with Crippen molar-refractivity contribution in [3.63, 3.8) is 0 Å². The Hall–Kier alpha value is -3.64. The minimum atomic E-state index is -1.01. The standard InChI is InChI=1S/C37H26O4S6/c1-18(36(38)39)24-16-28(26-5-3-11-42-26)46-34(24)32-22(9-13-44-32)30-20-7-8-21(15-20)31(30)23-10-14-45-33(23)35-25(19(2)37(40)41)17-29(47-35)27-6-4-12-43-27/h3-14,16-17,20-21,30-31H,1-2,15H2,(H,38,39)(H,40,41). The Morgan fingerprint density at radius 3 is 1.43 bits per heavy atom. The third-order valence-electron chi connectivity index (χ3n) is 9.14. The van der Waals surface area contributed by atoms with E-state index in [4.69, 9.17) is 0 Å². The summed E-state index contributed by atoms with van der Waals surface area (Å²) in [5.74, 6) is -0.929. The Morgan fingerprint density at radius 2 is 1.04 bits per heavy atom. The molecule has 2 aliphatic rings. The molecule has 10 heteroatoms. The van der Waals surface area contributed by atoms with E-state index in [9.17, 15) is 19.8 Å². The second-order valence-corrected chi connectivity index (χ2v) is 17.5. The van der Waals surface area contributed by atoms with Crippen LogP contribution in [0.3, 0.4) is 0 Å². The highest BCUT2D eigenvalue weighted by Crippen LogP contribution is 2.62. The normalized spacial score (nSPS) is 19.8. The second-order valence-electron chi connectivity index (χ2n) is 11.6. The summed E-state index contributed by atoms with van der Waals surface area (Å²) >= 11 is 9.90. The van der Waals surface area contributed by atoms with Crippen LogP contribution in [0.15, 0.2) is 95.4 Å². The Bertz CT molecular complexity index is 2050. The van der Waals surface area contributed by atoms with Crippen LogP contribution in [0.5, 0.6) is 0 Å². The maximum Gasteiger partial charge on any atom is 0.335 e. The lowest BCUT2D eigenvalue weighted by Gasteiger charge is -2.29. The van der Waals surface area contributed by atoms with Crippen molar-refractivity contribution >= 4 is 91.1 Å². The summed E-state index contributed by atoms with van der Waals surface area (Å²) in [4.78, 5) is 32.8. The van der Waals surface area contributed by atoms with Gasteiger partial charge >= 0.3 is 11.9 Å². The van der Waals surface area contributed by atoms with Gasteiger partial charge in [0.2, 0.25) is 0 Å². The van der Waals surface area contributed by atoms with Gasteiger partial charge in [0.05, 0.1) is 20.9 Å². The number of hydrogen-bond acceptors (Lipinski definition) is 8. The van der Waals surface area contributed by atoms with Crippen LogP contribution in [-0.2, 0) is 9.59 Å². The molecule has 4 unspecified atom stereocenters. The van der Waals surface area contributed by atoms with Gasteiger partial charge in [-0.3, -0.25) is 0 Å². The van der Waals surface area contributed by atoms with Crippen molar-refractivity contribution in [2.24, 2.45) is 11.8 Å². The molecule has 4 atom stereocenters. The summed E-state index contributed by atoms with van der Waals surface area (Å²) in [5.41, 5.74) is 4.05. The minimum Gasteiger partial charge on any atom is -0.478 e. The van der Waals surface area contributed by atoms with Crippen LogP contribution >= 0.6 is 68.0 Å². The molecule has 0 aromatic carbocycles. The van der Waals surface area contributed by atoms with Crippen LogP contribution in [-0.4, -0.2) is 22.2 Å². The first-order valence-corrected chi connectivity index (χ1v) is 20.0. The lowest BCUT2D eigenvalue weighted by Crippen LogP contribution is -2.16. The average Bonchev–Trinajstić information content (AvgIpc) is 3.92. The zero-order chi connectivity index (χ0) is 32.4. The SMILES string of the molecule is C=C(C(=O)O)c1cc(-c2cccs2)sc1-c1sccc1C1C2C=CC(C2)C1c1ccsc1-c1sc(-c2cccs2)cc1C(=C)C(=O)O. The van der Waals surface area contributed by atoms with E-state index < -0.39 is 11.9 Å². The maximum atomic E-state index is 12.2. The molecule has 1 saturated carbocycles. The molecule has 8 rings (SSSR count). The van der Waals surface area contributed by atoms with Gasteiger partial charge in [-0.1, -0.05) is 37.4 Å². The Kier molecular flexibility index (Phi) is 7.90. The molecule has 0 saturated heterocycles. The van der Waals surface area contributed by atoms with Crippen molar-refractivity contribution in [3.05, 3.63) is 118 Å². The minimum absolute atomic E-state index is 0.105. The molecule has 6 heterocycles. The molecule has 234 valence electrons. The van der Waals surface area contributed by atoms with E-state index in [-0.39, 0.29) is 23.0 Å². The van der Waals surface area contributed by atoms with Gasteiger partial charge in [-0.05, 0) is 99.1 Å². The summed E-state index contributed by atoms with van der Waals surface area (Å²) in [5, 5.41) is 28.3. The van der Waals surface area contributed by atoms with E-state index in [0.717, 1.165) is 45.4 Å². The van der Waals surface area contributed by atoms with Gasteiger partial charge in [-0.25, -0.2) is 9.59 Å². The topological polar surface area (TPSA) is 74.6 Å². The van der Waals surface area contributed by atoms with E-state index >= 15 is 0 Å². The Balaban J connectivity index is 1.25. The van der Waals surface area contributed by atoms with Crippen molar-refractivity contribution in [3.8, 4) is 39.0 Å². The number of aliphatic carboxylic acids is 2. The highest BCUT2D eigenvalue weighted by Gasteiger charge is 2.48. The molecule has 0 amide bonds. The first-order valence-electron chi connectivity index (χ1n) is 14.8. The zero-order valence-corrected chi connectivity index (χ0v) is 29.6. The first-order chi connectivity index (χ1) is 22.8. The third kappa shape index (κ3) is 5.18. The van der Waals surface area contributed by atoms with Crippen molar-refractivity contribution in [2.75, 3.05) is 0 Å². The van der Waals surface area contributed by atoms with Crippen molar-refractivity contribution in [1.29, 1.82) is 0 Å². The number of carboxylic acid groups (broad SMARTS) is 2. The predicted octanol–water partition coefficient (Wildman–Crippen LogP) is 12.0. The monoisotopic (exact) mass is 726 g/mol. The number of carboxylic acids is 2. The molecular formula is C37H26O4S6. The summed E-state index contributed by atoms with van der Waals surface area (Å²) in [7, 11) is 0. The Labute approximate surface area is 295 Å². The lowest BCUT2D eigenvalue weighted by atomic mass is 9.74.